The molecule has 0 unspecified atom stereocenters. The third-order valence-corrected chi connectivity index (χ3v) is 3.50. The highest BCUT2D eigenvalue weighted by Gasteiger charge is 2.41. The lowest BCUT2D eigenvalue weighted by molar-refractivity contribution is 0.531. The summed E-state index contributed by atoms with van der Waals surface area (Å²) in [6.07, 6.45) is 2.47. The second-order valence-electron chi connectivity index (χ2n) is 4.48. The van der Waals surface area contributed by atoms with Crippen LogP contribution in [0.15, 0.2) is 24.3 Å². The van der Waals surface area contributed by atoms with Crippen molar-refractivity contribution in [1.29, 1.82) is 0 Å². The molecule has 2 nitrogen and oxygen atoms in total. The number of fused-ring (bicyclic) bond motifs is 1. The number of hydrogen-bond donors (Lipinski definition) is 0. The Morgan fingerprint density at radius 3 is 2.80 bits per heavy atom. The first-order valence-corrected chi connectivity index (χ1v) is 5.81. The quantitative estimate of drug-likeness (QED) is 0.711. The van der Waals surface area contributed by atoms with Crippen LogP contribution < -0.4 is 0 Å². The molecule has 15 heavy (non-hydrogen) atoms. The maximum atomic E-state index is 5.95. The minimum atomic E-state index is 0.264. The normalized spacial score (nSPS) is 18.3. The summed E-state index contributed by atoms with van der Waals surface area (Å²) in [5.74, 6) is 1.49. The van der Waals surface area contributed by atoms with Crippen LogP contribution >= 0.6 is 11.6 Å². The highest BCUT2D eigenvalue weighted by Crippen LogP contribution is 2.45. The van der Waals surface area contributed by atoms with Gasteiger partial charge in [0.2, 0.25) is 0 Å². The van der Waals surface area contributed by atoms with E-state index in [1.807, 2.05) is 12.1 Å². The summed E-state index contributed by atoms with van der Waals surface area (Å²) in [7, 11) is 0. The van der Waals surface area contributed by atoms with E-state index in [1.54, 1.807) is 0 Å². The van der Waals surface area contributed by atoms with Gasteiger partial charge < -0.3 is 4.57 Å². The van der Waals surface area contributed by atoms with Gasteiger partial charge in [-0.05, 0) is 31.9 Å². The second-order valence-corrected chi connectivity index (χ2v) is 4.75. The monoisotopic (exact) mass is 220 g/mol. The van der Waals surface area contributed by atoms with E-state index in [1.165, 1.54) is 18.4 Å². The Morgan fingerprint density at radius 1 is 1.40 bits per heavy atom. The largest absolute Gasteiger partial charge is 0.321 e. The van der Waals surface area contributed by atoms with E-state index >= 15 is 0 Å². The molecular formula is C12H13ClN2. The lowest BCUT2D eigenvalue weighted by atomic mass is 10.2. The maximum absolute atomic E-state index is 5.95. The molecular weight excluding hydrogens is 208 g/mol. The minimum absolute atomic E-state index is 0.264. The number of rotatable bonds is 2. The standard InChI is InChI=1S/C12H13ClN2/c1-12(6-7-12)15-10-5-3-2-4-9(10)14-11(15)8-13/h2-5H,6-8H2,1H3. The molecule has 0 saturated heterocycles. The van der Waals surface area contributed by atoms with E-state index in [2.05, 4.69) is 28.6 Å². The molecule has 1 aromatic carbocycles. The maximum Gasteiger partial charge on any atom is 0.125 e. The number of imidazole rings is 1. The van der Waals surface area contributed by atoms with Crippen LogP contribution in [0.1, 0.15) is 25.6 Å². The van der Waals surface area contributed by atoms with Gasteiger partial charge in [-0.25, -0.2) is 4.98 Å². The number of hydrogen-bond acceptors (Lipinski definition) is 1. The molecule has 0 amide bonds. The Kier molecular flexibility index (Phi) is 1.84. The van der Waals surface area contributed by atoms with E-state index in [0.717, 1.165) is 11.3 Å². The van der Waals surface area contributed by atoms with Crippen LogP contribution in [0.5, 0.6) is 0 Å². The van der Waals surface area contributed by atoms with Crippen LogP contribution in [-0.2, 0) is 11.4 Å². The summed E-state index contributed by atoms with van der Waals surface area (Å²) in [6.45, 7) is 2.27. The van der Waals surface area contributed by atoms with Crippen LogP contribution in [0.3, 0.4) is 0 Å². The fourth-order valence-electron chi connectivity index (χ4n) is 2.17. The average molecular weight is 221 g/mol. The Balaban J connectivity index is 2.32. The topological polar surface area (TPSA) is 17.8 Å². The van der Waals surface area contributed by atoms with Gasteiger partial charge in [0.1, 0.15) is 5.82 Å². The van der Waals surface area contributed by atoms with Crippen molar-refractivity contribution in [3.8, 4) is 0 Å². The predicted octanol–water partition coefficient (Wildman–Crippen LogP) is 3.28. The number of nitrogens with zero attached hydrogens (tertiary/aromatic N) is 2. The Bertz CT molecular complexity index is 511. The van der Waals surface area contributed by atoms with Gasteiger partial charge in [-0.15, -0.1) is 11.6 Å². The molecule has 0 N–H and O–H groups in total. The Morgan fingerprint density at radius 2 is 2.13 bits per heavy atom. The highest BCUT2D eigenvalue weighted by atomic mass is 35.5. The van der Waals surface area contributed by atoms with Crippen LogP contribution in [0.2, 0.25) is 0 Å². The molecule has 1 aliphatic carbocycles. The fraction of sp³-hybridized carbons (Fsp3) is 0.417. The first kappa shape index (κ1) is 9.22. The molecule has 1 saturated carbocycles. The summed E-state index contributed by atoms with van der Waals surface area (Å²) in [5, 5.41) is 0. The van der Waals surface area contributed by atoms with Crippen molar-refractivity contribution in [1.82, 2.24) is 9.55 Å². The molecule has 0 aliphatic heterocycles. The molecule has 3 heteroatoms. The molecule has 1 aliphatic rings. The number of alkyl halides is 1. The molecule has 0 radical (unpaired) electrons. The zero-order valence-corrected chi connectivity index (χ0v) is 9.46. The summed E-state index contributed by atoms with van der Waals surface area (Å²) >= 11 is 5.95. The smallest absolute Gasteiger partial charge is 0.125 e. The van der Waals surface area contributed by atoms with Crippen molar-refractivity contribution in [2.24, 2.45) is 0 Å². The van der Waals surface area contributed by atoms with Gasteiger partial charge in [0, 0.05) is 5.54 Å². The molecule has 0 spiro atoms. The van der Waals surface area contributed by atoms with Crippen molar-refractivity contribution < 1.29 is 0 Å². The molecule has 78 valence electrons. The molecule has 1 aromatic heterocycles. The lowest BCUT2D eigenvalue weighted by Gasteiger charge is -2.14. The number of aromatic nitrogens is 2. The zero-order chi connectivity index (χ0) is 10.5. The predicted molar refractivity (Wildman–Crippen MR) is 62.2 cm³/mol. The summed E-state index contributed by atoms with van der Waals surface area (Å²) in [5.41, 5.74) is 2.54. The van der Waals surface area contributed by atoms with E-state index < -0.39 is 0 Å². The molecule has 1 heterocycles. The van der Waals surface area contributed by atoms with Crippen molar-refractivity contribution in [3.05, 3.63) is 30.1 Å². The molecule has 0 bridgehead atoms. The van der Waals surface area contributed by atoms with Gasteiger partial charge >= 0.3 is 0 Å². The van der Waals surface area contributed by atoms with Gasteiger partial charge in [-0.2, -0.15) is 0 Å². The first-order valence-electron chi connectivity index (χ1n) is 5.27. The summed E-state index contributed by atoms with van der Waals surface area (Å²) in [6, 6.07) is 8.26. The summed E-state index contributed by atoms with van der Waals surface area (Å²) in [4.78, 5) is 4.57. The molecule has 0 atom stereocenters. The number of para-hydroxylation sites is 2. The Labute approximate surface area is 93.9 Å². The van der Waals surface area contributed by atoms with Crippen LogP contribution in [0, 0.1) is 0 Å². The van der Waals surface area contributed by atoms with Crippen LogP contribution in [0.25, 0.3) is 11.0 Å². The third-order valence-electron chi connectivity index (χ3n) is 3.26. The van der Waals surface area contributed by atoms with Crippen LogP contribution in [-0.4, -0.2) is 9.55 Å². The van der Waals surface area contributed by atoms with E-state index in [-0.39, 0.29) is 5.54 Å². The van der Waals surface area contributed by atoms with E-state index in [9.17, 15) is 0 Å². The average Bonchev–Trinajstić information content (AvgIpc) is 2.87. The lowest BCUT2D eigenvalue weighted by Crippen LogP contribution is -2.14. The van der Waals surface area contributed by atoms with Crippen molar-refractivity contribution >= 4 is 22.6 Å². The fourth-order valence-corrected chi connectivity index (χ4v) is 2.35. The van der Waals surface area contributed by atoms with E-state index in [4.69, 9.17) is 11.6 Å². The van der Waals surface area contributed by atoms with Gasteiger partial charge in [0.25, 0.3) is 0 Å². The Hall–Kier alpha value is -1.02. The number of benzene rings is 1. The van der Waals surface area contributed by atoms with Gasteiger partial charge in [-0.3, -0.25) is 0 Å². The van der Waals surface area contributed by atoms with Gasteiger partial charge in [0.05, 0.1) is 16.9 Å². The SMILES string of the molecule is CC1(n2c(CCl)nc3ccccc32)CC1. The zero-order valence-electron chi connectivity index (χ0n) is 8.70. The van der Waals surface area contributed by atoms with Crippen molar-refractivity contribution in [3.63, 3.8) is 0 Å². The summed E-state index contributed by atoms with van der Waals surface area (Å²) < 4.78 is 2.31. The third kappa shape index (κ3) is 1.28. The van der Waals surface area contributed by atoms with Gasteiger partial charge in [0.15, 0.2) is 0 Å². The molecule has 2 aromatic rings. The van der Waals surface area contributed by atoms with Crippen molar-refractivity contribution in [2.45, 2.75) is 31.2 Å². The van der Waals surface area contributed by atoms with Crippen molar-refractivity contribution in [2.75, 3.05) is 0 Å². The van der Waals surface area contributed by atoms with Gasteiger partial charge in [-0.1, -0.05) is 12.1 Å². The second kappa shape index (κ2) is 2.99. The molecule has 3 rings (SSSR count). The number of halogens is 1. The minimum Gasteiger partial charge on any atom is -0.321 e. The first-order chi connectivity index (χ1) is 7.24. The molecule has 1 fully saturated rings. The van der Waals surface area contributed by atoms with E-state index in [0.29, 0.717) is 5.88 Å². The highest BCUT2D eigenvalue weighted by molar-refractivity contribution is 6.16. The van der Waals surface area contributed by atoms with Crippen LogP contribution in [0.4, 0.5) is 0 Å².